The van der Waals surface area contributed by atoms with Crippen molar-refractivity contribution >= 4 is 23.5 Å². The lowest BCUT2D eigenvalue weighted by atomic mass is 10.0. The van der Waals surface area contributed by atoms with Gasteiger partial charge in [-0.3, -0.25) is 0 Å². The van der Waals surface area contributed by atoms with Crippen molar-refractivity contribution in [3.05, 3.63) is 46.3 Å². The van der Waals surface area contributed by atoms with Crippen LogP contribution in [0.4, 0.5) is 9.18 Å². The minimum Gasteiger partial charge on any atom is -0.376 e. The Labute approximate surface area is 203 Å². The van der Waals surface area contributed by atoms with Gasteiger partial charge in [0.05, 0.1) is 23.7 Å². The molecule has 5 heterocycles. The third-order valence-corrected chi connectivity index (χ3v) is 6.96. The summed E-state index contributed by atoms with van der Waals surface area (Å²) in [5.41, 5.74) is 1.78. The Bertz CT molecular complexity index is 970. The van der Waals surface area contributed by atoms with Crippen LogP contribution in [0.2, 0.25) is 0 Å². The van der Waals surface area contributed by atoms with Gasteiger partial charge in [0.15, 0.2) is 11.6 Å². The van der Waals surface area contributed by atoms with Crippen LogP contribution in [-0.4, -0.2) is 67.9 Å². The van der Waals surface area contributed by atoms with E-state index in [-0.39, 0.29) is 42.5 Å². The summed E-state index contributed by atoms with van der Waals surface area (Å²) in [6.07, 6.45) is 10.4. The highest BCUT2D eigenvalue weighted by Crippen LogP contribution is 2.27. The normalized spacial score (nSPS) is 28.5. The molecule has 0 bridgehead atoms. The van der Waals surface area contributed by atoms with Gasteiger partial charge in [-0.25, -0.2) is 14.2 Å². The number of hydrogen-bond donors (Lipinski definition) is 5. The standard InChI is InChI=1S/C23H31ClFN7O2/c24-14-8-17-18(12-28-20(17)26-9-14)21-29-13-19(25)22(31-21)27-10-15-4-1-2-6-32(15)23(33)30-11-16-5-3-7-34-16/h8-9,12,15-16,20,26-28H,1-7,10-11,13H2,(H,29,31)(H,30,33)/t15-,16-,20?/m1/s1. The van der Waals surface area contributed by atoms with Crippen molar-refractivity contribution in [2.45, 2.75) is 50.4 Å². The molecule has 9 nitrogen and oxygen atoms in total. The molecule has 5 aliphatic rings. The Morgan fingerprint density at radius 2 is 2.12 bits per heavy atom. The summed E-state index contributed by atoms with van der Waals surface area (Å²) < 4.78 is 20.3. The number of halogens is 2. The number of rotatable bonds is 6. The molecule has 0 aromatic heterocycles. The molecular weight excluding hydrogens is 461 g/mol. The minimum atomic E-state index is -0.356. The average molecular weight is 492 g/mol. The first-order chi connectivity index (χ1) is 16.6. The summed E-state index contributed by atoms with van der Waals surface area (Å²) in [4.78, 5) is 19.2. The molecule has 0 aromatic rings. The van der Waals surface area contributed by atoms with Crippen molar-refractivity contribution in [1.29, 1.82) is 0 Å². The zero-order valence-electron chi connectivity index (χ0n) is 19.0. The molecule has 2 fully saturated rings. The Balaban J connectivity index is 1.22. The van der Waals surface area contributed by atoms with Crippen LogP contribution >= 0.6 is 11.6 Å². The van der Waals surface area contributed by atoms with Gasteiger partial charge >= 0.3 is 6.03 Å². The van der Waals surface area contributed by atoms with Crippen molar-refractivity contribution in [2.24, 2.45) is 4.99 Å². The number of amides is 2. The van der Waals surface area contributed by atoms with E-state index in [2.05, 4.69) is 31.6 Å². The SMILES string of the molecule is O=C(NC[C@H]1CCCO1)N1CCCC[C@@H]1CNC1=C(F)CNC(C2=CNC3NC=C(Cl)C=C23)=N1. The first kappa shape index (κ1) is 23.0. The van der Waals surface area contributed by atoms with Crippen LogP contribution in [0.15, 0.2) is 51.3 Å². The minimum absolute atomic E-state index is 0.0296. The number of carbonyl (C=O) groups excluding carboxylic acids is 1. The van der Waals surface area contributed by atoms with E-state index in [1.165, 1.54) is 0 Å². The maximum absolute atomic E-state index is 14.7. The number of carbonyl (C=O) groups is 1. The van der Waals surface area contributed by atoms with Crippen LogP contribution in [0.25, 0.3) is 0 Å². The van der Waals surface area contributed by atoms with Crippen LogP contribution < -0.4 is 26.6 Å². The van der Waals surface area contributed by atoms with E-state index < -0.39 is 0 Å². The number of urea groups is 1. The van der Waals surface area contributed by atoms with E-state index in [4.69, 9.17) is 16.3 Å². The number of piperidine rings is 1. The smallest absolute Gasteiger partial charge is 0.317 e. The fourth-order valence-corrected chi connectivity index (χ4v) is 5.08. The summed E-state index contributed by atoms with van der Waals surface area (Å²) in [6, 6.07) is -0.112. The zero-order chi connectivity index (χ0) is 23.5. The average Bonchev–Trinajstić information content (AvgIpc) is 3.52. The highest BCUT2D eigenvalue weighted by Gasteiger charge is 2.31. The van der Waals surface area contributed by atoms with Gasteiger partial charge in [-0.05, 0) is 38.2 Å². The summed E-state index contributed by atoms with van der Waals surface area (Å²) in [5, 5.41) is 16.2. The van der Waals surface area contributed by atoms with Gasteiger partial charge in [0.1, 0.15) is 12.0 Å². The third-order valence-electron chi connectivity index (χ3n) is 6.74. The fourth-order valence-electron chi connectivity index (χ4n) is 4.90. The summed E-state index contributed by atoms with van der Waals surface area (Å²) in [5.74, 6) is 0.424. The number of allylic oxidation sites excluding steroid dienone is 2. The molecule has 5 aliphatic heterocycles. The molecular formula is C23H31ClFN7O2. The van der Waals surface area contributed by atoms with Crippen molar-refractivity contribution in [3.8, 4) is 0 Å². The lowest BCUT2D eigenvalue weighted by molar-refractivity contribution is 0.104. The van der Waals surface area contributed by atoms with E-state index in [1.54, 1.807) is 6.20 Å². The predicted molar refractivity (Wildman–Crippen MR) is 128 cm³/mol. The highest BCUT2D eigenvalue weighted by atomic mass is 35.5. The second-order valence-corrected chi connectivity index (χ2v) is 9.50. The number of fused-ring (bicyclic) bond motifs is 1. The van der Waals surface area contributed by atoms with E-state index in [1.807, 2.05) is 17.2 Å². The molecule has 5 N–H and O–H groups in total. The van der Waals surface area contributed by atoms with Gasteiger partial charge < -0.3 is 36.2 Å². The van der Waals surface area contributed by atoms with E-state index in [9.17, 15) is 9.18 Å². The second kappa shape index (κ2) is 10.3. The molecule has 5 rings (SSSR count). The van der Waals surface area contributed by atoms with Crippen LogP contribution in [0.5, 0.6) is 0 Å². The van der Waals surface area contributed by atoms with Crippen LogP contribution in [0.3, 0.4) is 0 Å². The maximum atomic E-state index is 14.7. The summed E-state index contributed by atoms with van der Waals surface area (Å²) >= 11 is 6.15. The highest BCUT2D eigenvalue weighted by molar-refractivity contribution is 6.31. The Morgan fingerprint density at radius 3 is 2.97 bits per heavy atom. The Morgan fingerprint density at radius 1 is 1.24 bits per heavy atom. The molecule has 2 amide bonds. The molecule has 0 aliphatic carbocycles. The van der Waals surface area contributed by atoms with Crippen molar-refractivity contribution in [1.82, 2.24) is 31.5 Å². The number of likely N-dealkylation sites (tertiary alicyclic amines) is 1. The lowest BCUT2D eigenvalue weighted by Crippen LogP contribution is -2.53. The van der Waals surface area contributed by atoms with Gasteiger partial charge in [-0.15, -0.1) is 0 Å². The van der Waals surface area contributed by atoms with Gasteiger partial charge in [0.2, 0.25) is 0 Å². The lowest BCUT2D eigenvalue weighted by Gasteiger charge is -2.36. The van der Waals surface area contributed by atoms with Crippen LogP contribution in [0.1, 0.15) is 32.1 Å². The third kappa shape index (κ3) is 5.02. The van der Waals surface area contributed by atoms with Gasteiger partial charge in [-0.1, -0.05) is 11.6 Å². The number of hydrogen-bond acceptors (Lipinski definition) is 7. The Kier molecular flexibility index (Phi) is 6.96. The van der Waals surface area contributed by atoms with Crippen molar-refractivity contribution in [3.63, 3.8) is 0 Å². The largest absolute Gasteiger partial charge is 0.376 e. The Hall–Kier alpha value is -2.72. The van der Waals surface area contributed by atoms with Crippen molar-refractivity contribution < 1.29 is 13.9 Å². The fraction of sp³-hybridized carbons (Fsp3) is 0.565. The van der Waals surface area contributed by atoms with Gasteiger partial charge in [0.25, 0.3) is 0 Å². The molecule has 34 heavy (non-hydrogen) atoms. The second-order valence-electron chi connectivity index (χ2n) is 9.07. The number of aliphatic imine (C=N–C) groups is 1. The number of dihydropyridines is 1. The summed E-state index contributed by atoms with van der Waals surface area (Å²) in [6.45, 7) is 2.47. The maximum Gasteiger partial charge on any atom is 0.317 e. The molecule has 2 saturated heterocycles. The van der Waals surface area contributed by atoms with Crippen molar-refractivity contribution in [2.75, 3.05) is 32.8 Å². The molecule has 0 aromatic carbocycles. The topological polar surface area (TPSA) is 102 Å². The molecule has 1 unspecified atom stereocenters. The zero-order valence-corrected chi connectivity index (χ0v) is 19.8. The monoisotopic (exact) mass is 491 g/mol. The quantitative estimate of drug-likeness (QED) is 0.389. The molecule has 0 saturated carbocycles. The molecule has 3 atom stereocenters. The number of amidine groups is 1. The number of nitrogens with one attached hydrogen (secondary N) is 5. The first-order valence-corrected chi connectivity index (χ1v) is 12.4. The number of ether oxygens (including phenoxy) is 1. The van der Waals surface area contributed by atoms with Gasteiger partial charge in [0, 0.05) is 49.8 Å². The van der Waals surface area contributed by atoms with E-state index in [0.29, 0.717) is 30.5 Å². The molecule has 184 valence electrons. The molecule has 0 radical (unpaired) electrons. The summed E-state index contributed by atoms with van der Waals surface area (Å²) in [7, 11) is 0. The molecule has 11 heteroatoms. The number of nitrogens with zero attached hydrogens (tertiary/aromatic N) is 2. The first-order valence-electron chi connectivity index (χ1n) is 12.0. The molecule has 0 spiro atoms. The van der Waals surface area contributed by atoms with Crippen LogP contribution in [-0.2, 0) is 4.74 Å². The predicted octanol–water partition coefficient (Wildman–Crippen LogP) is 1.88. The van der Waals surface area contributed by atoms with E-state index in [0.717, 1.165) is 49.9 Å². The van der Waals surface area contributed by atoms with E-state index >= 15 is 0 Å². The van der Waals surface area contributed by atoms with Gasteiger partial charge in [-0.2, -0.15) is 0 Å². The van der Waals surface area contributed by atoms with Crippen LogP contribution in [0, 0.1) is 0 Å².